The maximum atomic E-state index is 12.2. The van der Waals surface area contributed by atoms with E-state index in [0.717, 1.165) is 42.8 Å². The van der Waals surface area contributed by atoms with Crippen LogP contribution in [-0.2, 0) is 4.79 Å². The van der Waals surface area contributed by atoms with Crippen molar-refractivity contribution >= 4 is 29.1 Å². The average molecular weight is 300 g/mol. The van der Waals surface area contributed by atoms with Crippen LogP contribution in [0.3, 0.4) is 0 Å². The summed E-state index contributed by atoms with van der Waals surface area (Å²) >= 11 is 11.7. The van der Waals surface area contributed by atoms with Crippen molar-refractivity contribution in [2.24, 2.45) is 0 Å². The Morgan fingerprint density at radius 1 is 1.37 bits per heavy atom. The zero-order valence-electron chi connectivity index (χ0n) is 10.9. The summed E-state index contributed by atoms with van der Waals surface area (Å²) in [6, 6.07) is 8.04. The molecule has 1 unspecified atom stereocenters. The first kappa shape index (κ1) is 14.7. The van der Waals surface area contributed by atoms with E-state index in [2.05, 4.69) is 6.07 Å². The highest BCUT2D eigenvalue weighted by molar-refractivity contribution is 6.30. The van der Waals surface area contributed by atoms with Crippen LogP contribution in [-0.4, -0.2) is 23.2 Å². The number of benzene rings is 1. The number of rotatable bonds is 5. The Morgan fingerprint density at radius 3 is 2.95 bits per heavy atom. The minimum atomic E-state index is 0.196. The number of hydrogen-bond acceptors (Lipinski definition) is 1. The molecule has 1 aromatic rings. The van der Waals surface area contributed by atoms with Crippen LogP contribution in [0.1, 0.15) is 43.7 Å². The highest BCUT2D eigenvalue weighted by atomic mass is 35.5. The summed E-state index contributed by atoms with van der Waals surface area (Å²) in [6.07, 6.45) is 4.48. The number of nitrogens with zero attached hydrogens (tertiary/aromatic N) is 1. The standard InChI is InChI=1S/C15H19Cl2NO/c16-9-2-1-8-15(19)18-10-4-7-14(18)12-5-3-6-13(17)11-12/h3,5-6,11,14H,1-2,4,7-10H2. The Hall–Kier alpha value is -0.730. The molecule has 0 aromatic heterocycles. The summed E-state index contributed by atoms with van der Waals surface area (Å²) in [5, 5.41) is 0.735. The van der Waals surface area contributed by atoms with E-state index >= 15 is 0 Å². The van der Waals surface area contributed by atoms with Crippen molar-refractivity contribution in [2.45, 2.75) is 38.1 Å². The largest absolute Gasteiger partial charge is 0.336 e. The molecule has 0 bridgehead atoms. The lowest BCUT2D eigenvalue weighted by Gasteiger charge is -2.25. The van der Waals surface area contributed by atoms with Gasteiger partial charge in [-0.1, -0.05) is 23.7 Å². The highest BCUT2D eigenvalue weighted by Gasteiger charge is 2.29. The fraction of sp³-hybridized carbons (Fsp3) is 0.533. The van der Waals surface area contributed by atoms with Gasteiger partial charge in [-0.15, -0.1) is 11.6 Å². The van der Waals surface area contributed by atoms with Crippen LogP contribution in [0.5, 0.6) is 0 Å². The summed E-state index contributed by atoms with van der Waals surface area (Å²) in [5.41, 5.74) is 1.15. The van der Waals surface area contributed by atoms with E-state index in [1.807, 2.05) is 23.1 Å². The van der Waals surface area contributed by atoms with E-state index in [9.17, 15) is 4.79 Å². The first-order chi connectivity index (χ1) is 9.22. The number of unbranched alkanes of at least 4 members (excludes halogenated alkanes) is 1. The Bertz CT molecular complexity index is 436. The Morgan fingerprint density at radius 2 is 2.21 bits per heavy atom. The molecule has 1 amide bonds. The monoisotopic (exact) mass is 299 g/mol. The molecule has 0 spiro atoms. The van der Waals surface area contributed by atoms with Crippen LogP contribution >= 0.6 is 23.2 Å². The number of halogens is 2. The number of amides is 1. The summed E-state index contributed by atoms with van der Waals surface area (Å²) in [7, 11) is 0. The molecule has 1 aliphatic heterocycles. The van der Waals surface area contributed by atoms with Gasteiger partial charge in [0.1, 0.15) is 0 Å². The van der Waals surface area contributed by atoms with E-state index in [1.165, 1.54) is 0 Å². The molecule has 1 saturated heterocycles. The normalized spacial score (nSPS) is 18.8. The van der Waals surface area contributed by atoms with Gasteiger partial charge in [-0.3, -0.25) is 4.79 Å². The van der Waals surface area contributed by atoms with Gasteiger partial charge in [-0.05, 0) is 43.4 Å². The maximum Gasteiger partial charge on any atom is 0.223 e. The third kappa shape index (κ3) is 3.87. The molecule has 0 aliphatic carbocycles. The molecule has 1 aromatic carbocycles. The third-order valence-corrected chi connectivity index (χ3v) is 4.08. The van der Waals surface area contributed by atoms with Crippen LogP contribution < -0.4 is 0 Å². The van der Waals surface area contributed by atoms with Crippen LogP contribution in [0.25, 0.3) is 0 Å². The number of hydrogen-bond donors (Lipinski definition) is 0. The predicted octanol–water partition coefficient (Wildman–Crippen LogP) is 4.41. The molecule has 19 heavy (non-hydrogen) atoms. The van der Waals surface area contributed by atoms with Crippen molar-refractivity contribution in [1.82, 2.24) is 4.90 Å². The van der Waals surface area contributed by atoms with Crippen molar-refractivity contribution < 1.29 is 4.79 Å². The first-order valence-corrected chi connectivity index (χ1v) is 7.74. The highest BCUT2D eigenvalue weighted by Crippen LogP contribution is 2.33. The second-order valence-electron chi connectivity index (χ2n) is 4.95. The van der Waals surface area contributed by atoms with E-state index in [1.54, 1.807) is 0 Å². The van der Waals surface area contributed by atoms with Crippen molar-refractivity contribution in [3.05, 3.63) is 34.9 Å². The van der Waals surface area contributed by atoms with Gasteiger partial charge in [0.25, 0.3) is 0 Å². The molecule has 2 rings (SSSR count). The first-order valence-electron chi connectivity index (χ1n) is 6.83. The van der Waals surface area contributed by atoms with Crippen LogP contribution in [0.15, 0.2) is 24.3 Å². The average Bonchev–Trinajstić information content (AvgIpc) is 2.88. The van der Waals surface area contributed by atoms with Crippen LogP contribution in [0.4, 0.5) is 0 Å². The molecule has 1 aliphatic rings. The summed E-state index contributed by atoms with van der Waals surface area (Å²) < 4.78 is 0. The molecule has 0 N–H and O–H groups in total. The SMILES string of the molecule is O=C(CCCCCl)N1CCCC1c1cccc(Cl)c1. The van der Waals surface area contributed by atoms with E-state index < -0.39 is 0 Å². The Balaban J connectivity index is 2.02. The molecular weight excluding hydrogens is 281 g/mol. The Labute approximate surface area is 124 Å². The molecule has 1 fully saturated rings. The van der Waals surface area contributed by atoms with E-state index in [0.29, 0.717) is 12.3 Å². The molecule has 0 saturated carbocycles. The fourth-order valence-corrected chi connectivity index (χ4v) is 3.03. The van der Waals surface area contributed by atoms with Gasteiger partial charge in [-0.25, -0.2) is 0 Å². The van der Waals surface area contributed by atoms with Gasteiger partial charge in [0.2, 0.25) is 5.91 Å². The summed E-state index contributed by atoms with van der Waals surface area (Å²) in [6.45, 7) is 0.858. The second kappa shape index (κ2) is 7.16. The van der Waals surface area contributed by atoms with Gasteiger partial charge in [-0.2, -0.15) is 0 Å². The van der Waals surface area contributed by atoms with Crippen LogP contribution in [0.2, 0.25) is 5.02 Å². The van der Waals surface area contributed by atoms with Gasteiger partial charge in [0.15, 0.2) is 0 Å². The molecule has 0 radical (unpaired) electrons. The maximum absolute atomic E-state index is 12.2. The summed E-state index contributed by atoms with van der Waals surface area (Å²) in [5.74, 6) is 0.873. The van der Waals surface area contributed by atoms with Crippen molar-refractivity contribution in [2.75, 3.05) is 12.4 Å². The number of carbonyl (C=O) groups is 1. The molecule has 4 heteroatoms. The zero-order chi connectivity index (χ0) is 13.7. The lowest BCUT2D eigenvalue weighted by molar-refractivity contribution is -0.132. The van der Waals surface area contributed by atoms with Gasteiger partial charge >= 0.3 is 0 Å². The molecule has 1 heterocycles. The van der Waals surface area contributed by atoms with Gasteiger partial charge in [0.05, 0.1) is 6.04 Å². The minimum Gasteiger partial charge on any atom is -0.336 e. The van der Waals surface area contributed by atoms with Gasteiger partial charge < -0.3 is 4.90 Å². The van der Waals surface area contributed by atoms with Gasteiger partial charge in [0, 0.05) is 23.9 Å². The van der Waals surface area contributed by atoms with Crippen LogP contribution in [0, 0.1) is 0 Å². The topological polar surface area (TPSA) is 20.3 Å². The lowest BCUT2D eigenvalue weighted by Crippen LogP contribution is -2.30. The second-order valence-corrected chi connectivity index (χ2v) is 5.76. The predicted molar refractivity (Wildman–Crippen MR) is 79.7 cm³/mol. The molecule has 104 valence electrons. The van der Waals surface area contributed by atoms with E-state index in [4.69, 9.17) is 23.2 Å². The number of likely N-dealkylation sites (tertiary alicyclic amines) is 1. The molecule has 1 atom stereocenters. The Kier molecular flexibility index (Phi) is 5.53. The molecule has 2 nitrogen and oxygen atoms in total. The number of alkyl halides is 1. The van der Waals surface area contributed by atoms with Crippen molar-refractivity contribution in [3.8, 4) is 0 Å². The zero-order valence-corrected chi connectivity index (χ0v) is 12.5. The quantitative estimate of drug-likeness (QED) is 0.582. The fourth-order valence-electron chi connectivity index (χ4n) is 2.64. The van der Waals surface area contributed by atoms with E-state index in [-0.39, 0.29) is 11.9 Å². The third-order valence-electron chi connectivity index (χ3n) is 3.58. The van der Waals surface area contributed by atoms with Crippen molar-refractivity contribution in [3.63, 3.8) is 0 Å². The number of carbonyl (C=O) groups excluding carboxylic acids is 1. The molecular formula is C15H19Cl2NO. The smallest absolute Gasteiger partial charge is 0.223 e. The lowest BCUT2D eigenvalue weighted by atomic mass is 10.0. The minimum absolute atomic E-state index is 0.196. The summed E-state index contributed by atoms with van der Waals surface area (Å²) in [4.78, 5) is 14.2. The van der Waals surface area contributed by atoms with Crippen molar-refractivity contribution in [1.29, 1.82) is 0 Å².